The molecule has 0 unspecified atom stereocenters. The summed E-state index contributed by atoms with van der Waals surface area (Å²) >= 11 is 0. The van der Waals surface area contributed by atoms with Crippen molar-refractivity contribution in [3.05, 3.63) is 99.6 Å². The molecule has 184 valence electrons. The van der Waals surface area contributed by atoms with Crippen LogP contribution in [-0.2, 0) is 13.1 Å². The first-order valence-corrected chi connectivity index (χ1v) is 11.0. The first-order valence-electron chi connectivity index (χ1n) is 11.0. The molecule has 1 heterocycles. The Morgan fingerprint density at radius 3 is 2.14 bits per heavy atom. The normalized spacial score (nSPS) is 10.5. The molecule has 0 fully saturated rings. The second-order valence-electron chi connectivity index (χ2n) is 7.69. The highest BCUT2D eigenvalue weighted by molar-refractivity contribution is 5.97. The summed E-state index contributed by atoms with van der Waals surface area (Å²) in [6.07, 6.45) is 0. The molecule has 4 rings (SSSR count). The third-order valence-corrected chi connectivity index (χ3v) is 5.27. The number of methoxy groups -OCH3 is 2. The number of aromatic nitrogens is 3. The fraction of sp³-hybridized carbons (Fsp3) is 0.160. The Morgan fingerprint density at radius 1 is 0.917 bits per heavy atom. The Bertz CT molecular complexity index is 1390. The molecule has 0 bridgehead atoms. The third kappa shape index (κ3) is 5.76. The molecule has 0 spiro atoms. The summed E-state index contributed by atoms with van der Waals surface area (Å²) in [5.74, 6) is 1.25. The van der Waals surface area contributed by atoms with Gasteiger partial charge < -0.3 is 20.1 Å². The van der Waals surface area contributed by atoms with Crippen molar-refractivity contribution in [1.82, 2.24) is 14.8 Å². The van der Waals surface area contributed by atoms with E-state index in [-0.39, 0.29) is 23.1 Å². The maximum atomic E-state index is 13.3. The minimum Gasteiger partial charge on any atom is -0.497 e. The summed E-state index contributed by atoms with van der Waals surface area (Å²) in [5.41, 5.74) is 1.75. The summed E-state index contributed by atoms with van der Waals surface area (Å²) in [7, 11) is 3.18. The second-order valence-corrected chi connectivity index (χ2v) is 7.69. The fourth-order valence-electron chi connectivity index (χ4n) is 3.44. The minimum absolute atomic E-state index is 0.109. The van der Waals surface area contributed by atoms with Gasteiger partial charge in [0.05, 0.1) is 19.1 Å². The quantitative estimate of drug-likeness (QED) is 0.250. The number of benzene rings is 3. The molecule has 2 N–H and O–H groups in total. The van der Waals surface area contributed by atoms with E-state index in [2.05, 4.69) is 20.7 Å². The standard InChI is InChI=1S/C25H24N6O5/c1-35-21-10-3-6-17(12-21)15-26-24-28-25(27-16-18-7-4-11-22(13-18)36-2)30(29-24)23(32)19-8-5-9-20(14-19)31(33)34/h3-14H,15-16H2,1-2H3,(H2,26,27,28,29). The molecular weight excluding hydrogens is 464 g/mol. The zero-order chi connectivity index (χ0) is 25.5. The molecule has 3 aromatic carbocycles. The largest absolute Gasteiger partial charge is 0.497 e. The number of nitrogens with zero attached hydrogens (tertiary/aromatic N) is 4. The molecule has 0 amide bonds. The number of carbonyl (C=O) groups is 1. The number of nitro groups is 1. The van der Waals surface area contributed by atoms with Crippen molar-refractivity contribution in [2.45, 2.75) is 13.1 Å². The summed E-state index contributed by atoms with van der Waals surface area (Å²) in [4.78, 5) is 28.3. The summed E-state index contributed by atoms with van der Waals surface area (Å²) in [6.45, 7) is 0.731. The molecule has 0 aliphatic carbocycles. The second kappa shape index (κ2) is 11.0. The highest BCUT2D eigenvalue weighted by Gasteiger charge is 2.20. The number of ether oxygens (including phenoxy) is 2. The smallest absolute Gasteiger partial charge is 0.281 e. The van der Waals surface area contributed by atoms with E-state index in [1.807, 2.05) is 48.5 Å². The molecule has 0 aliphatic rings. The molecule has 0 aliphatic heterocycles. The molecule has 1 aromatic heterocycles. The van der Waals surface area contributed by atoms with Crippen LogP contribution in [0.3, 0.4) is 0 Å². The average Bonchev–Trinajstić information content (AvgIpc) is 3.33. The number of non-ortho nitro benzene ring substituents is 1. The van der Waals surface area contributed by atoms with Crippen LogP contribution in [0.4, 0.5) is 17.6 Å². The molecule has 0 saturated carbocycles. The molecule has 0 radical (unpaired) electrons. The zero-order valence-corrected chi connectivity index (χ0v) is 19.7. The van der Waals surface area contributed by atoms with Crippen LogP contribution in [0.25, 0.3) is 0 Å². The number of carbonyl (C=O) groups excluding carboxylic acids is 1. The Kier molecular flexibility index (Phi) is 7.39. The van der Waals surface area contributed by atoms with E-state index in [1.54, 1.807) is 14.2 Å². The van der Waals surface area contributed by atoms with Crippen molar-refractivity contribution in [1.29, 1.82) is 0 Å². The van der Waals surface area contributed by atoms with Crippen molar-refractivity contribution in [2.75, 3.05) is 24.9 Å². The monoisotopic (exact) mass is 488 g/mol. The molecule has 36 heavy (non-hydrogen) atoms. The van der Waals surface area contributed by atoms with Crippen molar-refractivity contribution in [2.24, 2.45) is 0 Å². The van der Waals surface area contributed by atoms with Crippen molar-refractivity contribution >= 4 is 23.5 Å². The predicted octanol–water partition coefficient (Wildman–Crippen LogP) is 4.12. The molecule has 0 atom stereocenters. The van der Waals surface area contributed by atoms with Crippen LogP contribution in [0.2, 0.25) is 0 Å². The Hall–Kier alpha value is -4.93. The van der Waals surface area contributed by atoms with Crippen LogP contribution >= 0.6 is 0 Å². The summed E-state index contributed by atoms with van der Waals surface area (Å²) in [6, 6.07) is 20.4. The fourth-order valence-corrected chi connectivity index (χ4v) is 3.44. The van der Waals surface area contributed by atoms with Gasteiger partial charge in [0.25, 0.3) is 11.6 Å². The first-order chi connectivity index (χ1) is 17.5. The van der Waals surface area contributed by atoms with Gasteiger partial charge in [-0.15, -0.1) is 5.10 Å². The number of nitrogens with one attached hydrogen (secondary N) is 2. The van der Waals surface area contributed by atoms with E-state index < -0.39 is 10.8 Å². The van der Waals surface area contributed by atoms with Crippen LogP contribution < -0.4 is 20.1 Å². The Balaban J connectivity index is 1.60. The van der Waals surface area contributed by atoms with E-state index in [0.717, 1.165) is 15.8 Å². The van der Waals surface area contributed by atoms with Gasteiger partial charge in [-0.25, -0.2) is 0 Å². The lowest BCUT2D eigenvalue weighted by molar-refractivity contribution is -0.384. The topological polar surface area (TPSA) is 133 Å². The SMILES string of the molecule is COc1cccc(CNc2nc(NCc3cccc(OC)c3)n(C(=O)c3cccc([N+](=O)[O-])c3)n2)c1. The van der Waals surface area contributed by atoms with Gasteiger partial charge in [0, 0.05) is 30.8 Å². The number of anilines is 2. The maximum Gasteiger partial charge on any atom is 0.281 e. The lowest BCUT2D eigenvalue weighted by Gasteiger charge is -2.08. The van der Waals surface area contributed by atoms with Gasteiger partial charge in [0.2, 0.25) is 11.9 Å². The highest BCUT2D eigenvalue weighted by Crippen LogP contribution is 2.20. The number of nitro benzene ring substituents is 1. The molecule has 0 saturated heterocycles. The van der Waals surface area contributed by atoms with Gasteiger partial charge >= 0.3 is 0 Å². The lowest BCUT2D eigenvalue weighted by Crippen LogP contribution is -2.18. The zero-order valence-electron chi connectivity index (χ0n) is 19.7. The van der Waals surface area contributed by atoms with Crippen LogP contribution in [-0.4, -0.2) is 39.8 Å². The first kappa shape index (κ1) is 24.2. The Labute approximate surface area is 206 Å². The highest BCUT2D eigenvalue weighted by atomic mass is 16.6. The van der Waals surface area contributed by atoms with Gasteiger partial charge in [-0.3, -0.25) is 14.9 Å². The summed E-state index contributed by atoms with van der Waals surface area (Å²) < 4.78 is 11.6. The van der Waals surface area contributed by atoms with E-state index in [1.165, 1.54) is 24.3 Å². The van der Waals surface area contributed by atoms with Gasteiger partial charge in [-0.1, -0.05) is 30.3 Å². The van der Waals surface area contributed by atoms with E-state index in [0.29, 0.717) is 24.6 Å². The number of hydrogen-bond acceptors (Lipinski definition) is 9. The van der Waals surface area contributed by atoms with E-state index in [9.17, 15) is 14.9 Å². The van der Waals surface area contributed by atoms with Crippen LogP contribution in [0.1, 0.15) is 21.5 Å². The van der Waals surface area contributed by atoms with Crippen molar-refractivity contribution in [3.63, 3.8) is 0 Å². The van der Waals surface area contributed by atoms with E-state index >= 15 is 0 Å². The van der Waals surface area contributed by atoms with Crippen LogP contribution in [0.15, 0.2) is 72.8 Å². The number of hydrogen-bond donors (Lipinski definition) is 2. The molecular formula is C25H24N6O5. The number of rotatable bonds is 10. The Morgan fingerprint density at radius 2 is 1.53 bits per heavy atom. The van der Waals surface area contributed by atoms with Crippen LogP contribution in [0.5, 0.6) is 11.5 Å². The molecule has 11 heteroatoms. The van der Waals surface area contributed by atoms with Crippen molar-refractivity contribution < 1.29 is 19.2 Å². The van der Waals surface area contributed by atoms with Gasteiger partial charge in [0.1, 0.15) is 11.5 Å². The van der Waals surface area contributed by atoms with Gasteiger partial charge in [-0.05, 0) is 41.5 Å². The predicted molar refractivity (Wildman–Crippen MR) is 133 cm³/mol. The third-order valence-electron chi connectivity index (χ3n) is 5.27. The van der Waals surface area contributed by atoms with E-state index in [4.69, 9.17) is 9.47 Å². The van der Waals surface area contributed by atoms with Gasteiger partial charge in [0.15, 0.2) is 0 Å². The maximum absolute atomic E-state index is 13.3. The molecule has 4 aromatic rings. The lowest BCUT2D eigenvalue weighted by atomic mass is 10.2. The van der Waals surface area contributed by atoms with Crippen molar-refractivity contribution in [3.8, 4) is 11.5 Å². The molecule has 11 nitrogen and oxygen atoms in total. The minimum atomic E-state index is -0.561. The van der Waals surface area contributed by atoms with Crippen LogP contribution in [0, 0.1) is 10.1 Å². The summed E-state index contributed by atoms with van der Waals surface area (Å²) in [5, 5.41) is 21.7. The average molecular weight is 489 g/mol. The van der Waals surface area contributed by atoms with Gasteiger partial charge in [-0.2, -0.15) is 9.67 Å².